The number of anilines is 1. The van der Waals surface area contributed by atoms with E-state index in [0.717, 1.165) is 22.2 Å². The maximum atomic E-state index is 14.1. The highest BCUT2D eigenvalue weighted by Gasteiger charge is 2.53. The fraction of sp³-hybridized carbons (Fsp3) is 0.250. The van der Waals surface area contributed by atoms with Gasteiger partial charge in [0.2, 0.25) is 0 Å². The van der Waals surface area contributed by atoms with Crippen molar-refractivity contribution in [1.82, 2.24) is 5.32 Å². The molecule has 180 valence electrons. The number of fused-ring (bicyclic) bond motifs is 1. The standard InChI is InChI=1S/C28H28N2O4S/c1-27(2,3)34-26(33)29-28(18-24(31)35-21-14-8-5-9-15-21)22-16-10-11-17-23(22)30(25(28)32)19-20-12-6-4-7-13-20/h4-17H,18-19H2,1-3H3,(H,29,33)/t28-/m0/s1. The van der Waals surface area contributed by atoms with Crippen LogP contribution in [0.2, 0.25) is 0 Å². The van der Waals surface area contributed by atoms with E-state index in [2.05, 4.69) is 5.32 Å². The lowest BCUT2D eigenvalue weighted by Crippen LogP contribution is -2.54. The summed E-state index contributed by atoms with van der Waals surface area (Å²) in [5, 5.41) is 2.56. The van der Waals surface area contributed by atoms with Crippen molar-refractivity contribution in [2.24, 2.45) is 0 Å². The van der Waals surface area contributed by atoms with E-state index < -0.39 is 17.2 Å². The maximum Gasteiger partial charge on any atom is 0.408 e. The molecule has 3 aromatic carbocycles. The number of hydrogen-bond acceptors (Lipinski definition) is 5. The number of ether oxygens (including phenoxy) is 1. The molecule has 1 heterocycles. The first-order valence-electron chi connectivity index (χ1n) is 11.4. The molecular weight excluding hydrogens is 460 g/mol. The molecular formula is C28H28N2O4S. The van der Waals surface area contributed by atoms with E-state index >= 15 is 0 Å². The van der Waals surface area contributed by atoms with Gasteiger partial charge in [0.15, 0.2) is 10.7 Å². The van der Waals surface area contributed by atoms with E-state index in [4.69, 9.17) is 4.74 Å². The van der Waals surface area contributed by atoms with Crippen LogP contribution in [0.3, 0.4) is 0 Å². The van der Waals surface area contributed by atoms with Crippen LogP contribution in [0.5, 0.6) is 0 Å². The molecule has 4 rings (SSSR count). The summed E-state index contributed by atoms with van der Waals surface area (Å²) in [5.41, 5.74) is -0.164. The molecule has 0 bridgehead atoms. The number of benzene rings is 3. The number of nitrogens with one attached hydrogen (secondary N) is 1. The van der Waals surface area contributed by atoms with Gasteiger partial charge in [0, 0.05) is 10.5 Å². The molecule has 3 aromatic rings. The molecule has 1 atom stereocenters. The van der Waals surface area contributed by atoms with E-state index in [9.17, 15) is 14.4 Å². The van der Waals surface area contributed by atoms with Crippen molar-refractivity contribution in [3.8, 4) is 0 Å². The lowest BCUT2D eigenvalue weighted by Gasteiger charge is -2.31. The third-order valence-electron chi connectivity index (χ3n) is 5.55. The maximum absolute atomic E-state index is 14.1. The van der Waals surface area contributed by atoms with Gasteiger partial charge in [-0.2, -0.15) is 0 Å². The Morgan fingerprint density at radius 3 is 2.17 bits per heavy atom. The minimum Gasteiger partial charge on any atom is -0.444 e. The Morgan fingerprint density at radius 1 is 0.914 bits per heavy atom. The van der Waals surface area contributed by atoms with E-state index in [1.165, 1.54) is 0 Å². The molecule has 0 spiro atoms. The zero-order valence-electron chi connectivity index (χ0n) is 20.0. The van der Waals surface area contributed by atoms with Crippen molar-refractivity contribution < 1.29 is 19.1 Å². The van der Waals surface area contributed by atoms with Crippen molar-refractivity contribution in [1.29, 1.82) is 0 Å². The molecule has 0 aromatic heterocycles. The number of nitrogens with zero attached hydrogens (tertiary/aromatic N) is 1. The predicted molar refractivity (Wildman–Crippen MR) is 137 cm³/mol. The number of carbonyl (C=O) groups excluding carboxylic acids is 3. The Morgan fingerprint density at radius 2 is 1.51 bits per heavy atom. The summed E-state index contributed by atoms with van der Waals surface area (Å²) in [7, 11) is 0. The molecule has 6 nitrogen and oxygen atoms in total. The van der Waals surface area contributed by atoms with Crippen molar-refractivity contribution >= 4 is 34.6 Å². The van der Waals surface area contributed by atoms with Crippen LogP contribution in [0.1, 0.15) is 38.3 Å². The van der Waals surface area contributed by atoms with Gasteiger partial charge in [0.25, 0.3) is 5.91 Å². The smallest absolute Gasteiger partial charge is 0.408 e. The number of para-hydroxylation sites is 1. The molecule has 1 N–H and O–H groups in total. The van der Waals surface area contributed by atoms with Gasteiger partial charge in [-0.15, -0.1) is 0 Å². The molecule has 1 aliphatic heterocycles. The molecule has 0 fully saturated rings. The first kappa shape index (κ1) is 24.5. The Labute approximate surface area is 209 Å². The number of alkyl carbamates (subject to hydrolysis) is 1. The molecule has 7 heteroatoms. The van der Waals surface area contributed by atoms with Gasteiger partial charge in [-0.1, -0.05) is 78.5 Å². The normalized spacial score (nSPS) is 17.1. The Hall–Kier alpha value is -3.58. The number of rotatable bonds is 6. The van der Waals surface area contributed by atoms with Crippen LogP contribution in [0, 0.1) is 0 Å². The van der Waals surface area contributed by atoms with E-state index in [0.29, 0.717) is 17.8 Å². The van der Waals surface area contributed by atoms with E-state index in [1.54, 1.807) is 37.8 Å². The first-order chi connectivity index (χ1) is 16.7. The van der Waals surface area contributed by atoms with Gasteiger partial charge >= 0.3 is 6.09 Å². The minimum atomic E-state index is -1.58. The average Bonchev–Trinajstić information content (AvgIpc) is 3.02. The number of carbonyl (C=O) groups is 3. The molecule has 0 aliphatic carbocycles. The van der Waals surface area contributed by atoms with Gasteiger partial charge in [0.05, 0.1) is 18.7 Å². The molecule has 1 aliphatic rings. The second kappa shape index (κ2) is 9.96. The third kappa shape index (κ3) is 5.57. The summed E-state index contributed by atoms with van der Waals surface area (Å²) < 4.78 is 5.50. The third-order valence-corrected chi connectivity index (χ3v) is 6.43. The van der Waals surface area contributed by atoms with Crippen LogP contribution in [0.25, 0.3) is 0 Å². The summed E-state index contributed by atoms with van der Waals surface area (Å²) in [6.07, 6.45) is -0.966. The Balaban J connectivity index is 1.72. The summed E-state index contributed by atoms with van der Waals surface area (Å²) in [4.78, 5) is 42.7. The highest BCUT2D eigenvalue weighted by atomic mass is 32.2. The van der Waals surface area contributed by atoms with E-state index in [-0.39, 0.29) is 17.4 Å². The second-order valence-electron chi connectivity index (χ2n) is 9.39. The monoisotopic (exact) mass is 488 g/mol. The van der Waals surface area contributed by atoms with E-state index in [1.807, 2.05) is 72.8 Å². The second-order valence-corrected chi connectivity index (χ2v) is 10.5. The van der Waals surface area contributed by atoms with Crippen LogP contribution in [0.4, 0.5) is 10.5 Å². The fourth-order valence-corrected chi connectivity index (χ4v) is 4.98. The minimum absolute atomic E-state index is 0.215. The van der Waals surface area contributed by atoms with Crippen LogP contribution >= 0.6 is 11.8 Å². The summed E-state index contributed by atoms with van der Waals surface area (Å²) in [6, 6.07) is 26.1. The van der Waals surface area contributed by atoms with Crippen LogP contribution < -0.4 is 10.2 Å². The summed E-state index contributed by atoms with van der Waals surface area (Å²) in [5.74, 6) is -0.365. The zero-order valence-corrected chi connectivity index (χ0v) is 20.8. The SMILES string of the molecule is CC(C)(C)OC(=O)N[C@]1(CC(=O)Sc2ccccc2)C(=O)N(Cc2ccccc2)c2ccccc21. The Bertz CT molecular complexity index is 1220. The number of amides is 2. The lowest BCUT2D eigenvalue weighted by atomic mass is 9.88. The van der Waals surface area contributed by atoms with Gasteiger partial charge in [0.1, 0.15) is 5.60 Å². The molecule has 2 amide bonds. The van der Waals surface area contributed by atoms with Crippen molar-refractivity contribution in [3.63, 3.8) is 0 Å². The van der Waals surface area contributed by atoms with Crippen LogP contribution in [0.15, 0.2) is 89.8 Å². The fourth-order valence-electron chi connectivity index (χ4n) is 4.13. The van der Waals surface area contributed by atoms with Gasteiger partial charge in [-0.25, -0.2) is 4.79 Å². The molecule has 35 heavy (non-hydrogen) atoms. The van der Waals surface area contributed by atoms with Crippen molar-refractivity contribution in [2.75, 3.05) is 4.90 Å². The van der Waals surface area contributed by atoms with Gasteiger partial charge in [-0.3, -0.25) is 9.59 Å². The topological polar surface area (TPSA) is 75.7 Å². The average molecular weight is 489 g/mol. The van der Waals surface area contributed by atoms with Crippen LogP contribution in [-0.2, 0) is 26.4 Å². The van der Waals surface area contributed by atoms with Crippen molar-refractivity contribution in [3.05, 3.63) is 96.1 Å². The largest absolute Gasteiger partial charge is 0.444 e. The van der Waals surface area contributed by atoms with Gasteiger partial charge in [-0.05, 0) is 44.5 Å². The zero-order chi connectivity index (χ0) is 25.1. The summed E-state index contributed by atoms with van der Waals surface area (Å²) in [6.45, 7) is 5.57. The first-order valence-corrected chi connectivity index (χ1v) is 12.2. The molecule has 0 saturated carbocycles. The molecule has 0 unspecified atom stereocenters. The quantitative estimate of drug-likeness (QED) is 0.453. The molecule has 0 saturated heterocycles. The number of hydrogen-bond donors (Lipinski definition) is 1. The Kier molecular flexibility index (Phi) is 6.98. The summed E-state index contributed by atoms with van der Waals surface area (Å²) >= 11 is 1.05. The lowest BCUT2D eigenvalue weighted by molar-refractivity contribution is -0.127. The predicted octanol–water partition coefficient (Wildman–Crippen LogP) is 5.66. The van der Waals surface area contributed by atoms with Crippen molar-refractivity contribution in [2.45, 2.75) is 49.8 Å². The van der Waals surface area contributed by atoms with Gasteiger partial charge < -0.3 is 15.0 Å². The number of thioether (sulfide) groups is 1. The highest BCUT2D eigenvalue weighted by Crippen LogP contribution is 2.44. The highest BCUT2D eigenvalue weighted by molar-refractivity contribution is 8.13. The molecule has 0 radical (unpaired) electrons. The van der Waals surface area contributed by atoms with Crippen LogP contribution in [-0.4, -0.2) is 22.7 Å².